The lowest BCUT2D eigenvalue weighted by atomic mass is 9.99. The molecular weight excluding hydrogens is 821 g/mol. The molecule has 0 saturated carbocycles. The highest BCUT2D eigenvalue weighted by Crippen LogP contribution is 2.23. The SMILES string of the molecule is CCCCCCCCCC/C=C\CCCCCCCCCCCCCC(=O)OC(COC(=O)CCCCCCCCCCCCCCCCCCC)COC1OC(CO)C(O)C(O)C1O. The predicted octanol–water partition coefficient (Wildman–Crippen LogP) is 13.5. The number of allylic oxidation sites excluding steroid dienone is 2. The number of hydrogen-bond donors (Lipinski definition) is 4. The van der Waals surface area contributed by atoms with E-state index in [1.54, 1.807) is 0 Å². The van der Waals surface area contributed by atoms with Crippen molar-refractivity contribution in [1.29, 1.82) is 0 Å². The van der Waals surface area contributed by atoms with Gasteiger partial charge in [0.15, 0.2) is 12.4 Å². The summed E-state index contributed by atoms with van der Waals surface area (Å²) in [6.07, 6.45) is 45.1. The fraction of sp³-hybridized carbons (Fsp3) is 0.927. The second kappa shape index (κ2) is 46.2. The highest BCUT2D eigenvalue weighted by Gasteiger charge is 2.44. The number of carbonyl (C=O) groups excluding carboxylic acids is 2. The van der Waals surface area contributed by atoms with Gasteiger partial charge in [-0.15, -0.1) is 0 Å². The predicted molar refractivity (Wildman–Crippen MR) is 266 cm³/mol. The maximum absolute atomic E-state index is 12.9. The number of aliphatic hydroxyl groups is 4. The number of carbonyl (C=O) groups is 2. The van der Waals surface area contributed by atoms with Crippen molar-refractivity contribution in [1.82, 2.24) is 0 Å². The van der Waals surface area contributed by atoms with E-state index in [1.807, 2.05) is 0 Å². The van der Waals surface area contributed by atoms with E-state index in [0.717, 1.165) is 38.5 Å². The first kappa shape index (κ1) is 61.5. The summed E-state index contributed by atoms with van der Waals surface area (Å²) in [5.74, 6) is -0.789. The summed E-state index contributed by atoms with van der Waals surface area (Å²) in [5.41, 5.74) is 0. The van der Waals surface area contributed by atoms with Crippen LogP contribution in [0.1, 0.15) is 271 Å². The van der Waals surface area contributed by atoms with Crippen LogP contribution in [-0.2, 0) is 28.5 Å². The minimum Gasteiger partial charge on any atom is -0.462 e. The lowest BCUT2D eigenvalue weighted by molar-refractivity contribution is -0.305. The van der Waals surface area contributed by atoms with Gasteiger partial charge < -0.3 is 39.4 Å². The third kappa shape index (κ3) is 37.1. The molecule has 0 aromatic heterocycles. The molecule has 65 heavy (non-hydrogen) atoms. The van der Waals surface area contributed by atoms with Crippen LogP contribution < -0.4 is 0 Å². The topological polar surface area (TPSA) is 152 Å². The third-order valence-electron chi connectivity index (χ3n) is 13.2. The van der Waals surface area contributed by atoms with Gasteiger partial charge in [0, 0.05) is 12.8 Å². The molecule has 1 heterocycles. The second-order valence-corrected chi connectivity index (χ2v) is 19.4. The second-order valence-electron chi connectivity index (χ2n) is 19.4. The Bertz CT molecular complexity index is 1070. The minimum atomic E-state index is -1.59. The first-order valence-corrected chi connectivity index (χ1v) is 27.8. The number of aliphatic hydroxyl groups excluding tert-OH is 4. The molecule has 10 heteroatoms. The van der Waals surface area contributed by atoms with Crippen LogP contribution in [0.3, 0.4) is 0 Å². The molecule has 1 aliphatic heterocycles. The molecule has 0 aromatic rings. The van der Waals surface area contributed by atoms with Crippen LogP contribution in [0.5, 0.6) is 0 Å². The zero-order chi connectivity index (χ0) is 47.3. The molecular formula is C55H104O10. The Balaban J connectivity index is 2.21. The molecule has 1 saturated heterocycles. The van der Waals surface area contributed by atoms with E-state index in [1.165, 1.54) is 199 Å². The molecule has 6 unspecified atom stereocenters. The van der Waals surface area contributed by atoms with Crippen molar-refractivity contribution in [2.24, 2.45) is 0 Å². The smallest absolute Gasteiger partial charge is 0.306 e. The molecule has 0 radical (unpaired) electrons. The normalized spacial score (nSPS) is 19.3. The quantitative estimate of drug-likeness (QED) is 0.0264. The van der Waals surface area contributed by atoms with E-state index in [4.69, 9.17) is 18.9 Å². The van der Waals surface area contributed by atoms with Crippen LogP contribution in [-0.4, -0.2) is 89.0 Å². The summed E-state index contributed by atoms with van der Waals surface area (Å²) in [4.78, 5) is 25.5. The highest BCUT2D eigenvalue weighted by atomic mass is 16.7. The molecule has 1 fully saturated rings. The van der Waals surface area contributed by atoms with Crippen LogP contribution in [0.4, 0.5) is 0 Å². The number of esters is 2. The van der Waals surface area contributed by atoms with Gasteiger partial charge in [0.25, 0.3) is 0 Å². The molecule has 0 bridgehead atoms. The van der Waals surface area contributed by atoms with Gasteiger partial charge in [-0.05, 0) is 38.5 Å². The maximum atomic E-state index is 12.9. The molecule has 1 aliphatic rings. The molecule has 10 nitrogen and oxygen atoms in total. The number of ether oxygens (including phenoxy) is 4. The fourth-order valence-corrected chi connectivity index (χ4v) is 8.77. The summed E-state index contributed by atoms with van der Waals surface area (Å²) < 4.78 is 22.3. The fourth-order valence-electron chi connectivity index (χ4n) is 8.77. The van der Waals surface area contributed by atoms with E-state index < -0.39 is 49.4 Å². The van der Waals surface area contributed by atoms with Gasteiger partial charge in [0.2, 0.25) is 0 Å². The molecule has 384 valence electrons. The first-order valence-electron chi connectivity index (χ1n) is 27.8. The third-order valence-corrected chi connectivity index (χ3v) is 13.2. The summed E-state index contributed by atoms with van der Waals surface area (Å²) >= 11 is 0. The summed E-state index contributed by atoms with van der Waals surface area (Å²) in [6.45, 7) is 3.48. The van der Waals surface area contributed by atoms with Crippen molar-refractivity contribution in [2.75, 3.05) is 19.8 Å². The van der Waals surface area contributed by atoms with E-state index in [2.05, 4.69) is 26.0 Å². The van der Waals surface area contributed by atoms with Gasteiger partial charge in [0.05, 0.1) is 13.2 Å². The minimum absolute atomic E-state index is 0.211. The molecule has 4 N–H and O–H groups in total. The van der Waals surface area contributed by atoms with Crippen LogP contribution in [0.15, 0.2) is 12.2 Å². The van der Waals surface area contributed by atoms with Crippen molar-refractivity contribution < 1.29 is 49.0 Å². The van der Waals surface area contributed by atoms with E-state index in [0.29, 0.717) is 6.42 Å². The summed E-state index contributed by atoms with van der Waals surface area (Å²) in [7, 11) is 0. The van der Waals surface area contributed by atoms with Crippen LogP contribution in [0.25, 0.3) is 0 Å². The van der Waals surface area contributed by atoms with Gasteiger partial charge in [-0.25, -0.2) is 0 Å². The molecule has 0 spiro atoms. The first-order chi connectivity index (χ1) is 31.8. The average molecular weight is 925 g/mol. The van der Waals surface area contributed by atoms with Gasteiger partial charge in [-0.2, -0.15) is 0 Å². The average Bonchev–Trinajstić information content (AvgIpc) is 3.30. The standard InChI is InChI=1S/C55H104O10/c1-3-5-7-9-11-13-15-17-19-21-22-23-24-25-26-28-30-32-34-36-38-40-42-44-51(58)64-48(47-63-55-54(61)53(60)52(59)49(45-56)65-55)46-62-50(57)43-41-39-37-35-33-31-29-27-20-18-16-14-12-10-8-6-4-2/h21-22,48-49,52-56,59-61H,3-20,23-47H2,1-2H3/b22-21-. The number of unbranched alkanes of at least 4 members (excludes halogenated alkanes) is 35. The van der Waals surface area contributed by atoms with Crippen molar-refractivity contribution in [3.63, 3.8) is 0 Å². The van der Waals surface area contributed by atoms with Crippen LogP contribution >= 0.6 is 0 Å². The van der Waals surface area contributed by atoms with Gasteiger partial charge in [-0.1, -0.05) is 231 Å². The molecule has 0 aliphatic carbocycles. The van der Waals surface area contributed by atoms with Crippen molar-refractivity contribution in [2.45, 2.75) is 307 Å². The Morgan fingerprint density at radius 1 is 0.462 bits per heavy atom. The van der Waals surface area contributed by atoms with Crippen molar-refractivity contribution in [3.05, 3.63) is 12.2 Å². The highest BCUT2D eigenvalue weighted by molar-refractivity contribution is 5.70. The summed E-state index contributed by atoms with van der Waals surface area (Å²) in [5, 5.41) is 40.3. The Morgan fingerprint density at radius 3 is 1.20 bits per heavy atom. The monoisotopic (exact) mass is 925 g/mol. The van der Waals surface area contributed by atoms with E-state index >= 15 is 0 Å². The van der Waals surface area contributed by atoms with Gasteiger partial charge >= 0.3 is 11.9 Å². The largest absolute Gasteiger partial charge is 0.462 e. The zero-order valence-electron chi connectivity index (χ0n) is 42.3. The molecule has 6 atom stereocenters. The Morgan fingerprint density at radius 2 is 0.815 bits per heavy atom. The van der Waals surface area contributed by atoms with Crippen molar-refractivity contribution >= 4 is 11.9 Å². The van der Waals surface area contributed by atoms with Crippen molar-refractivity contribution in [3.8, 4) is 0 Å². The number of rotatable bonds is 48. The Labute approximate surface area is 399 Å². The number of hydrogen-bond acceptors (Lipinski definition) is 10. The van der Waals surface area contributed by atoms with Crippen LogP contribution in [0.2, 0.25) is 0 Å². The van der Waals surface area contributed by atoms with Crippen LogP contribution in [0, 0.1) is 0 Å². The lowest BCUT2D eigenvalue weighted by Crippen LogP contribution is -2.59. The molecule has 1 rings (SSSR count). The maximum Gasteiger partial charge on any atom is 0.306 e. The molecule has 0 amide bonds. The summed E-state index contributed by atoms with van der Waals surface area (Å²) in [6, 6.07) is 0. The van der Waals surface area contributed by atoms with Gasteiger partial charge in [0.1, 0.15) is 31.0 Å². The Kier molecular flexibility index (Phi) is 43.7. The molecule has 0 aromatic carbocycles. The lowest BCUT2D eigenvalue weighted by Gasteiger charge is -2.39. The van der Waals surface area contributed by atoms with Gasteiger partial charge in [-0.3, -0.25) is 9.59 Å². The van der Waals surface area contributed by atoms with E-state index in [9.17, 15) is 30.0 Å². The Hall–Kier alpha value is -1.56. The zero-order valence-corrected chi connectivity index (χ0v) is 42.3. The van der Waals surface area contributed by atoms with E-state index in [-0.39, 0.29) is 32.0 Å².